The minimum Gasteiger partial charge on any atom is -0.352 e. The number of benzene rings is 3. The molecular formula is C17H16O2. The third kappa shape index (κ3) is 2.09. The van der Waals surface area contributed by atoms with Crippen LogP contribution in [0.5, 0.6) is 0 Å². The fraction of sp³-hybridized carbons (Fsp3) is 0.176. The Morgan fingerprint density at radius 3 is 2.05 bits per heavy atom. The Kier molecular flexibility index (Phi) is 3.20. The van der Waals surface area contributed by atoms with Crippen LogP contribution in [0, 0.1) is 0 Å². The zero-order chi connectivity index (χ0) is 13.2. The van der Waals surface area contributed by atoms with Gasteiger partial charge in [-0.15, -0.1) is 0 Å². The molecule has 0 saturated heterocycles. The molecule has 0 bridgehead atoms. The zero-order valence-electron chi connectivity index (χ0n) is 11.1. The predicted molar refractivity (Wildman–Crippen MR) is 78.2 cm³/mol. The van der Waals surface area contributed by atoms with Gasteiger partial charge in [0.05, 0.1) is 0 Å². The van der Waals surface area contributed by atoms with Gasteiger partial charge in [-0.3, -0.25) is 0 Å². The molecule has 0 aliphatic rings. The Bertz CT molecular complexity index is 715. The van der Waals surface area contributed by atoms with Gasteiger partial charge in [-0.05, 0) is 33.7 Å². The Hall–Kier alpha value is -1.90. The van der Waals surface area contributed by atoms with E-state index >= 15 is 0 Å². The number of hydrogen-bond acceptors (Lipinski definition) is 2. The summed E-state index contributed by atoms with van der Waals surface area (Å²) < 4.78 is 10.8. The maximum absolute atomic E-state index is 5.38. The molecule has 3 aromatic rings. The molecule has 19 heavy (non-hydrogen) atoms. The molecule has 96 valence electrons. The molecule has 0 aliphatic carbocycles. The third-order valence-corrected chi connectivity index (χ3v) is 3.46. The van der Waals surface area contributed by atoms with Crippen LogP contribution in [0.25, 0.3) is 21.5 Å². The molecule has 2 nitrogen and oxygen atoms in total. The highest BCUT2D eigenvalue weighted by atomic mass is 16.7. The summed E-state index contributed by atoms with van der Waals surface area (Å²) in [6, 6.07) is 19.0. The Labute approximate surface area is 112 Å². The first-order valence-corrected chi connectivity index (χ1v) is 6.30. The molecule has 0 atom stereocenters. The average molecular weight is 252 g/mol. The van der Waals surface area contributed by atoms with Gasteiger partial charge in [0.25, 0.3) is 0 Å². The van der Waals surface area contributed by atoms with E-state index in [1.165, 1.54) is 21.5 Å². The number of fused-ring (bicyclic) bond motifs is 2. The summed E-state index contributed by atoms with van der Waals surface area (Å²) in [5, 5.41) is 4.86. The molecule has 0 saturated carbocycles. The Morgan fingerprint density at radius 1 is 0.737 bits per heavy atom. The number of methoxy groups -OCH3 is 2. The number of rotatable bonds is 3. The molecule has 0 fully saturated rings. The van der Waals surface area contributed by atoms with Gasteiger partial charge in [0, 0.05) is 19.8 Å². The van der Waals surface area contributed by atoms with E-state index < -0.39 is 0 Å². The quantitative estimate of drug-likeness (QED) is 0.511. The lowest BCUT2D eigenvalue weighted by molar-refractivity contribution is -0.105. The van der Waals surface area contributed by atoms with E-state index in [0.29, 0.717) is 0 Å². The van der Waals surface area contributed by atoms with Crippen molar-refractivity contribution in [2.75, 3.05) is 14.2 Å². The molecule has 3 rings (SSSR count). The highest BCUT2D eigenvalue weighted by Gasteiger charge is 2.12. The second-order valence-electron chi connectivity index (χ2n) is 4.57. The topological polar surface area (TPSA) is 18.5 Å². The summed E-state index contributed by atoms with van der Waals surface area (Å²) in [6.07, 6.45) is -0.329. The smallest absolute Gasteiger partial charge is 0.183 e. The second kappa shape index (κ2) is 5.00. The average Bonchev–Trinajstić information content (AvgIpc) is 2.46. The zero-order valence-corrected chi connectivity index (χ0v) is 11.1. The van der Waals surface area contributed by atoms with Crippen LogP contribution in [0.2, 0.25) is 0 Å². The van der Waals surface area contributed by atoms with Crippen molar-refractivity contribution in [2.24, 2.45) is 0 Å². The minimum atomic E-state index is -0.329. The first kappa shape index (κ1) is 12.2. The molecule has 0 radical (unpaired) electrons. The summed E-state index contributed by atoms with van der Waals surface area (Å²) in [7, 11) is 3.32. The van der Waals surface area contributed by atoms with Crippen molar-refractivity contribution >= 4 is 21.5 Å². The van der Waals surface area contributed by atoms with E-state index in [0.717, 1.165) is 5.56 Å². The predicted octanol–water partition coefficient (Wildman–Crippen LogP) is 4.28. The van der Waals surface area contributed by atoms with Crippen molar-refractivity contribution in [3.63, 3.8) is 0 Å². The first-order chi connectivity index (χ1) is 9.33. The normalized spacial score (nSPS) is 11.5. The largest absolute Gasteiger partial charge is 0.352 e. The molecule has 0 unspecified atom stereocenters. The second-order valence-corrected chi connectivity index (χ2v) is 4.57. The van der Waals surface area contributed by atoms with E-state index in [4.69, 9.17) is 9.47 Å². The van der Waals surface area contributed by atoms with Crippen molar-refractivity contribution in [3.8, 4) is 0 Å². The van der Waals surface area contributed by atoms with Crippen LogP contribution in [0.4, 0.5) is 0 Å². The van der Waals surface area contributed by atoms with Crippen molar-refractivity contribution in [1.29, 1.82) is 0 Å². The van der Waals surface area contributed by atoms with Crippen LogP contribution in [0.15, 0.2) is 54.6 Å². The molecule has 0 amide bonds. The maximum atomic E-state index is 5.38. The van der Waals surface area contributed by atoms with E-state index in [1.807, 2.05) is 6.07 Å². The monoisotopic (exact) mass is 252 g/mol. The van der Waals surface area contributed by atoms with E-state index in [-0.39, 0.29) is 6.29 Å². The van der Waals surface area contributed by atoms with Crippen molar-refractivity contribution in [1.82, 2.24) is 0 Å². The summed E-state index contributed by atoms with van der Waals surface area (Å²) in [6.45, 7) is 0. The van der Waals surface area contributed by atoms with Crippen molar-refractivity contribution in [3.05, 3.63) is 60.2 Å². The number of ether oxygens (including phenoxy) is 2. The molecule has 0 aromatic heterocycles. The van der Waals surface area contributed by atoms with Gasteiger partial charge in [0.2, 0.25) is 0 Å². The van der Waals surface area contributed by atoms with Crippen LogP contribution in [-0.4, -0.2) is 14.2 Å². The Morgan fingerprint density at radius 2 is 1.37 bits per heavy atom. The van der Waals surface area contributed by atoms with Crippen LogP contribution in [0.3, 0.4) is 0 Å². The fourth-order valence-electron chi connectivity index (χ4n) is 2.55. The van der Waals surface area contributed by atoms with Gasteiger partial charge < -0.3 is 9.47 Å². The van der Waals surface area contributed by atoms with Gasteiger partial charge >= 0.3 is 0 Å². The van der Waals surface area contributed by atoms with Crippen LogP contribution >= 0.6 is 0 Å². The van der Waals surface area contributed by atoms with Gasteiger partial charge in [-0.25, -0.2) is 0 Å². The molecule has 3 aromatic carbocycles. The lowest BCUT2D eigenvalue weighted by atomic mass is 9.99. The van der Waals surface area contributed by atoms with Crippen LogP contribution < -0.4 is 0 Å². The summed E-state index contributed by atoms with van der Waals surface area (Å²) in [5.41, 5.74) is 1.06. The van der Waals surface area contributed by atoms with Gasteiger partial charge in [-0.1, -0.05) is 42.5 Å². The summed E-state index contributed by atoms with van der Waals surface area (Å²) >= 11 is 0. The van der Waals surface area contributed by atoms with Crippen molar-refractivity contribution in [2.45, 2.75) is 6.29 Å². The van der Waals surface area contributed by atoms with Crippen LogP contribution in [0.1, 0.15) is 11.9 Å². The lowest BCUT2D eigenvalue weighted by Gasteiger charge is -2.16. The summed E-state index contributed by atoms with van der Waals surface area (Å²) in [4.78, 5) is 0. The standard InChI is InChI=1S/C17H16O2/c1-18-17(19-2)15-9-5-8-14-10-12-6-3-4-7-13(12)11-16(14)15/h3-11,17H,1-2H3. The first-order valence-electron chi connectivity index (χ1n) is 6.30. The molecule has 0 spiro atoms. The molecule has 2 heteroatoms. The third-order valence-electron chi connectivity index (χ3n) is 3.46. The fourth-order valence-corrected chi connectivity index (χ4v) is 2.55. The Balaban J connectivity index is 2.31. The molecular weight excluding hydrogens is 236 g/mol. The molecule has 0 aliphatic heterocycles. The van der Waals surface area contributed by atoms with E-state index in [1.54, 1.807) is 14.2 Å². The van der Waals surface area contributed by atoms with E-state index in [9.17, 15) is 0 Å². The van der Waals surface area contributed by atoms with Crippen LogP contribution in [-0.2, 0) is 9.47 Å². The van der Waals surface area contributed by atoms with Crippen molar-refractivity contribution < 1.29 is 9.47 Å². The van der Waals surface area contributed by atoms with Gasteiger partial charge in [0.1, 0.15) is 0 Å². The maximum Gasteiger partial charge on any atom is 0.183 e. The van der Waals surface area contributed by atoms with Gasteiger partial charge in [0.15, 0.2) is 6.29 Å². The SMILES string of the molecule is COC(OC)c1cccc2cc3ccccc3cc12. The van der Waals surface area contributed by atoms with E-state index in [2.05, 4.69) is 48.5 Å². The molecule has 0 N–H and O–H groups in total. The highest BCUT2D eigenvalue weighted by molar-refractivity contribution is 5.99. The minimum absolute atomic E-state index is 0.329. The highest BCUT2D eigenvalue weighted by Crippen LogP contribution is 2.30. The summed E-state index contributed by atoms with van der Waals surface area (Å²) in [5.74, 6) is 0. The van der Waals surface area contributed by atoms with Gasteiger partial charge in [-0.2, -0.15) is 0 Å². The molecule has 0 heterocycles. The number of hydrogen-bond donors (Lipinski definition) is 0. The lowest BCUT2D eigenvalue weighted by Crippen LogP contribution is -2.04.